The molecule has 0 aliphatic carbocycles. The fourth-order valence-corrected chi connectivity index (χ4v) is 2.55. The van der Waals surface area contributed by atoms with Gasteiger partial charge >= 0.3 is 0 Å². The van der Waals surface area contributed by atoms with Crippen LogP contribution in [0.3, 0.4) is 0 Å². The van der Waals surface area contributed by atoms with Crippen molar-refractivity contribution in [1.82, 2.24) is 4.90 Å². The summed E-state index contributed by atoms with van der Waals surface area (Å²) >= 11 is 0. The van der Waals surface area contributed by atoms with Crippen LogP contribution in [0.15, 0.2) is 42.5 Å². The van der Waals surface area contributed by atoms with Gasteiger partial charge in [-0.3, -0.25) is 4.79 Å². The summed E-state index contributed by atoms with van der Waals surface area (Å²) in [6, 6.07) is 13.1. The predicted molar refractivity (Wildman–Crippen MR) is 84.3 cm³/mol. The van der Waals surface area contributed by atoms with Crippen molar-refractivity contribution in [3.63, 3.8) is 0 Å². The number of aromatic hydroxyl groups is 1. The van der Waals surface area contributed by atoms with E-state index in [0.29, 0.717) is 24.2 Å². The van der Waals surface area contributed by atoms with Crippen molar-refractivity contribution in [2.45, 2.75) is 20.0 Å². The van der Waals surface area contributed by atoms with Crippen molar-refractivity contribution in [3.8, 4) is 11.5 Å². The summed E-state index contributed by atoms with van der Waals surface area (Å²) in [6.45, 7) is 4.87. The molecule has 1 amide bonds. The highest BCUT2D eigenvalue weighted by atomic mass is 16.5. The summed E-state index contributed by atoms with van der Waals surface area (Å²) < 4.78 is 5.89. The molecule has 0 radical (unpaired) electrons. The molecular weight excluding hydrogens is 278 g/mol. The zero-order valence-corrected chi connectivity index (χ0v) is 12.7. The van der Waals surface area contributed by atoms with E-state index in [9.17, 15) is 9.90 Å². The van der Waals surface area contributed by atoms with E-state index in [2.05, 4.69) is 0 Å². The third-order valence-electron chi connectivity index (χ3n) is 3.99. The zero-order valence-electron chi connectivity index (χ0n) is 12.7. The molecule has 2 aromatic carbocycles. The van der Waals surface area contributed by atoms with E-state index in [0.717, 1.165) is 11.3 Å². The molecule has 1 aliphatic rings. The highest BCUT2D eigenvalue weighted by Gasteiger charge is 2.34. The fourth-order valence-electron chi connectivity index (χ4n) is 2.55. The maximum absolute atomic E-state index is 12.4. The Morgan fingerprint density at radius 2 is 1.77 bits per heavy atom. The number of aryl methyl sites for hydroxylation is 2. The Hall–Kier alpha value is -2.49. The molecular formula is C18H19NO3. The second-order valence-corrected chi connectivity index (χ2v) is 5.69. The quantitative estimate of drug-likeness (QED) is 0.947. The first-order valence-corrected chi connectivity index (χ1v) is 7.36. The monoisotopic (exact) mass is 297 g/mol. The number of benzene rings is 2. The molecule has 22 heavy (non-hydrogen) atoms. The number of ether oxygens (including phenoxy) is 1. The van der Waals surface area contributed by atoms with Crippen LogP contribution in [0, 0.1) is 13.8 Å². The summed E-state index contributed by atoms with van der Waals surface area (Å²) in [4.78, 5) is 14.1. The number of hydrogen-bond acceptors (Lipinski definition) is 3. The lowest BCUT2D eigenvalue weighted by Crippen LogP contribution is -2.56. The van der Waals surface area contributed by atoms with Gasteiger partial charge in [-0.1, -0.05) is 30.3 Å². The van der Waals surface area contributed by atoms with Crippen molar-refractivity contribution in [3.05, 3.63) is 59.2 Å². The van der Waals surface area contributed by atoms with Gasteiger partial charge in [-0.25, -0.2) is 0 Å². The molecule has 0 atom stereocenters. The Kier molecular flexibility index (Phi) is 3.75. The molecule has 0 unspecified atom stereocenters. The molecule has 1 N–H and O–H groups in total. The Labute approximate surface area is 130 Å². The minimum absolute atomic E-state index is 0.0111. The first-order valence-electron chi connectivity index (χ1n) is 7.36. The lowest BCUT2D eigenvalue weighted by atomic mass is 10.1. The molecule has 3 rings (SSSR count). The summed E-state index contributed by atoms with van der Waals surface area (Å²) in [5, 5.41) is 10.00. The van der Waals surface area contributed by atoms with Gasteiger partial charge in [0.1, 0.15) is 17.6 Å². The molecule has 1 fully saturated rings. The molecule has 1 heterocycles. The number of carbonyl (C=O) groups excluding carboxylic acids is 1. The molecule has 1 aliphatic heterocycles. The highest BCUT2D eigenvalue weighted by Crippen LogP contribution is 2.26. The van der Waals surface area contributed by atoms with Crippen LogP contribution < -0.4 is 4.74 Å². The van der Waals surface area contributed by atoms with Crippen LogP contribution in [0.4, 0.5) is 0 Å². The Bertz CT molecular complexity index is 705. The van der Waals surface area contributed by atoms with Crippen LogP contribution in [0.2, 0.25) is 0 Å². The van der Waals surface area contributed by atoms with Crippen LogP contribution in [-0.4, -0.2) is 35.1 Å². The zero-order chi connectivity index (χ0) is 15.7. The number of rotatable bonds is 3. The Balaban J connectivity index is 1.63. The molecule has 0 aromatic heterocycles. The molecule has 4 nitrogen and oxygen atoms in total. The van der Waals surface area contributed by atoms with Crippen molar-refractivity contribution in [2.24, 2.45) is 0 Å². The number of hydrogen-bond donors (Lipinski definition) is 1. The summed E-state index contributed by atoms with van der Waals surface area (Å²) in [5.74, 6) is 0.777. The first kappa shape index (κ1) is 14.4. The van der Waals surface area contributed by atoms with Gasteiger partial charge in [0.25, 0.3) is 5.91 Å². The SMILES string of the molecule is Cc1ccccc1OC1CN(C(=O)c2cccc(C)c2O)C1. The summed E-state index contributed by atoms with van der Waals surface area (Å²) in [7, 11) is 0. The van der Waals surface area contributed by atoms with Gasteiger partial charge in [-0.05, 0) is 37.1 Å². The third kappa shape index (κ3) is 2.64. The Morgan fingerprint density at radius 3 is 2.50 bits per heavy atom. The van der Waals surface area contributed by atoms with Gasteiger partial charge in [0, 0.05) is 0 Å². The van der Waals surface area contributed by atoms with Gasteiger partial charge in [-0.2, -0.15) is 0 Å². The average Bonchev–Trinajstić information content (AvgIpc) is 2.46. The number of phenols is 1. The van der Waals surface area contributed by atoms with E-state index in [1.54, 1.807) is 30.0 Å². The minimum atomic E-state index is -0.147. The van der Waals surface area contributed by atoms with Crippen LogP contribution in [-0.2, 0) is 0 Å². The van der Waals surface area contributed by atoms with E-state index >= 15 is 0 Å². The van der Waals surface area contributed by atoms with Gasteiger partial charge in [0.2, 0.25) is 0 Å². The molecule has 0 bridgehead atoms. The fraction of sp³-hybridized carbons (Fsp3) is 0.278. The number of nitrogens with zero attached hydrogens (tertiary/aromatic N) is 1. The molecule has 114 valence electrons. The van der Waals surface area contributed by atoms with Crippen molar-refractivity contribution in [1.29, 1.82) is 0 Å². The predicted octanol–water partition coefficient (Wildman–Crippen LogP) is 2.91. The lowest BCUT2D eigenvalue weighted by Gasteiger charge is -2.39. The van der Waals surface area contributed by atoms with Crippen LogP contribution in [0.5, 0.6) is 11.5 Å². The number of likely N-dealkylation sites (tertiary alicyclic amines) is 1. The van der Waals surface area contributed by atoms with E-state index in [1.165, 1.54) is 0 Å². The lowest BCUT2D eigenvalue weighted by molar-refractivity contribution is 0.0173. The Morgan fingerprint density at radius 1 is 1.09 bits per heavy atom. The second-order valence-electron chi connectivity index (χ2n) is 5.69. The molecule has 0 saturated carbocycles. The van der Waals surface area contributed by atoms with Crippen molar-refractivity contribution >= 4 is 5.91 Å². The third-order valence-corrected chi connectivity index (χ3v) is 3.99. The molecule has 4 heteroatoms. The largest absolute Gasteiger partial charge is 0.507 e. The number of carbonyl (C=O) groups is 1. The van der Waals surface area contributed by atoms with E-state index in [1.807, 2.05) is 31.2 Å². The highest BCUT2D eigenvalue weighted by molar-refractivity contribution is 5.97. The standard InChI is InChI=1S/C18H19NO3/c1-12-6-3-4-9-16(12)22-14-10-19(11-14)18(21)15-8-5-7-13(2)17(15)20/h3-9,14,20H,10-11H2,1-2H3. The van der Waals surface area contributed by atoms with Crippen LogP contribution >= 0.6 is 0 Å². The second kappa shape index (κ2) is 5.72. The normalized spacial score (nSPS) is 14.5. The topological polar surface area (TPSA) is 49.8 Å². The van der Waals surface area contributed by atoms with Crippen LogP contribution in [0.25, 0.3) is 0 Å². The van der Waals surface area contributed by atoms with E-state index in [-0.39, 0.29) is 17.8 Å². The summed E-state index contributed by atoms with van der Waals surface area (Å²) in [5.41, 5.74) is 2.15. The van der Waals surface area contributed by atoms with Crippen molar-refractivity contribution < 1.29 is 14.6 Å². The van der Waals surface area contributed by atoms with Crippen molar-refractivity contribution in [2.75, 3.05) is 13.1 Å². The minimum Gasteiger partial charge on any atom is -0.507 e. The van der Waals surface area contributed by atoms with Crippen LogP contribution in [0.1, 0.15) is 21.5 Å². The molecule has 1 saturated heterocycles. The first-order chi connectivity index (χ1) is 10.6. The van der Waals surface area contributed by atoms with Gasteiger partial charge in [0.15, 0.2) is 0 Å². The maximum atomic E-state index is 12.4. The maximum Gasteiger partial charge on any atom is 0.257 e. The molecule has 0 spiro atoms. The van der Waals surface area contributed by atoms with Gasteiger partial charge in [-0.15, -0.1) is 0 Å². The number of phenolic OH excluding ortho intramolecular Hbond substituents is 1. The van der Waals surface area contributed by atoms with E-state index in [4.69, 9.17) is 4.74 Å². The number of amides is 1. The average molecular weight is 297 g/mol. The van der Waals surface area contributed by atoms with Gasteiger partial charge < -0.3 is 14.7 Å². The number of para-hydroxylation sites is 2. The summed E-state index contributed by atoms with van der Waals surface area (Å²) in [6.07, 6.45) is 0.0111. The van der Waals surface area contributed by atoms with E-state index < -0.39 is 0 Å². The van der Waals surface area contributed by atoms with Gasteiger partial charge in [0.05, 0.1) is 18.7 Å². The molecule has 2 aromatic rings. The smallest absolute Gasteiger partial charge is 0.257 e.